The van der Waals surface area contributed by atoms with Gasteiger partial charge in [-0.25, -0.2) is 13.1 Å². The zero-order valence-electron chi connectivity index (χ0n) is 11.6. The van der Waals surface area contributed by atoms with Gasteiger partial charge in [0, 0.05) is 18.0 Å². The first-order chi connectivity index (χ1) is 10.5. The van der Waals surface area contributed by atoms with Crippen LogP contribution in [0.3, 0.4) is 0 Å². The summed E-state index contributed by atoms with van der Waals surface area (Å²) in [5.41, 5.74) is 0. The maximum atomic E-state index is 12.0. The number of carbonyl (C=O) groups is 1. The van der Waals surface area contributed by atoms with Gasteiger partial charge in [0.25, 0.3) is 0 Å². The standard InChI is InChI=1S/C14H15ClN2O4S/c15-11-3-5-13(6-4-11)22(19,20)17-8-7-14(18)16-10-12-2-1-9-21-12/h1-6,9,17H,7-8,10H2,(H,16,18). The molecule has 8 heteroatoms. The second-order valence-electron chi connectivity index (χ2n) is 4.46. The van der Waals surface area contributed by atoms with E-state index in [0.29, 0.717) is 10.8 Å². The minimum Gasteiger partial charge on any atom is -0.467 e. The summed E-state index contributed by atoms with van der Waals surface area (Å²) in [6.07, 6.45) is 1.55. The van der Waals surface area contributed by atoms with Crippen LogP contribution in [0.25, 0.3) is 0 Å². The first-order valence-corrected chi connectivity index (χ1v) is 8.38. The topological polar surface area (TPSA) is 88.4 Å². The highest BCUT2D eigenvalue weighted by Crippen LogP contribution is 2.13. The molecule has 0 aliphatic rings. The van der Waals surface area contributed by atoms with Gasteiger partial charge in [-0.05, 0) is 36.4 Å². The molecule has 0 radical (unpaired) electrons. The van der Waals surface area contributed by atoms with Crippen molar-refractivity contribution >= 4 is 27.5 Å². The van der Waals surface area contributed by atoms with Crippen LogP contribution in [0.2, 0.25) is 5.02 Å². The zero-order chi connectivity index (χ0) is 16.0. The third kappa shape index (κ3) is 4.87. The van der Waals surface area contributed by atoms with Crippen molar-refractivity contribution in [3.8, 4) is 0 Å². The minimum atomic E-state index is -3.64. The Labute approximate surface area is 133 Å². The summed E-state index contributed by atoms with van der Waals surface area (Å²) >= 11 is 5.71. The quantitative estimate of drug-likeness (QED) is 0.804. The van der Waals surface area contributed by atoms with Gasteiger partial charge in [0.15, 0.2) is 0 Å². The Balaban J connectivity index is 1.77. The van der Waals surface area contributed by atoms with Gasteiger partial charge in [-0.1, -0.05) is 11.6 Å². The molecule has 1 aromatic heterocycles. The fraction of sp³-hybridized carbons (Fsp3) is 0.214. The Kier molecular flexibility index (Phi) is 5.59. The predicted molar refractivity (Wildman–Crippen MR) is 81.8 cm³/mol. The van der Waals surface area contributed by atoms with Crippen LogP contribution in [0.15, 0.2) is 52.0 Å². The normalized spacial score (nSPS) is 11.3. The summed E-state index contributed by atoms with van der Waals surface area (Å²) in [5.74, 6) is 0.366. The highest BCUT2D eigenvalue weighted by atomic mass is 35.5. The Morgan fingerprint density at radius 2 is 1.91 bits per heavy atom. The van der Waals surface area contributed by atoms with Crippen molar-refractivity contribution in [2.24, 2.45) is 0 Å². The van der Waals surface area contributed by atoms with Crippen LogP contribution in [-0.4, -0.2) is 20.9 Å². The summed E-state index contributed by atoms with van der Waals surface area (Å²) in [7, 11) is -3.64. The van der Waals surface area contributed by atoms with E-state index < -0.39 is 10.0 Å². The molecule has 2 rings (SSSR count). The molecule has 0 saturated carbocycles. The minimum absolute atomic E-state index is 0.00888. The van der Waals surface area contributed by atoms with Crippen LogP contribution < -0.4 is 10.0 Å². The Hall–Kier alpha value is -1.83. The van der Waals surface area contributed by atoms with Crippen molar-refractivity contribution in [3.63, 3.8) is 0 Å². The van der Waals surface area contributed by atoms with Gasteiger partial charge in [0.2, 0.25) is 15.9 Å². The van der Waals surface area contributed by atoms with Crippen molar-refractivity contribution < 1.29 is 17.6 Å². The van der Waals surface area contributed by atoms with E-state index in [1.807, 2.05) is 0 Å². The highest BCUT2D eigenvalue weighted by molar-refractivity contribution is 7.89. The molecule has 22 heavy (non-hydrogen) atoms. The van der Waals surface area contributed by atoms with Crippen LogP contribution in [0.5, 0.6) is 0 Å². The van der Waals surface area contributed by atoms with E-state index in [1.54, 1.807) is 12.1 Å². The number of nitrogens with one attached hydrogen (secondary N) is 2. The maximum Gasteiger partial charge on any atom is 0.240 e. The van der Waals surface area contributed by atoms with Gasteiger partial charge in [-0.15, -0.1) is 0 Å². The van der Waals surface area contributed by atoms with Gasteiger partial charge in [-0.2, -0.15) is 0 Å². The molecule has 2 N–H and O–H groups in total. The van der Waals surface area contributed by atoms with Gasteiger partial charge in [-0.3, -0.25) is 4.79 Å². The van der Waals surface area contributed by atoms with Gasteiger partial charge in [0.1, 0.15) is 5.76 Å². The lowest BCUT2D eigenvalue weighted by molar-refractivity contribution is -0.121. The first-order valence-electron chi connectivity index (χ1n) is 6.52. The number of halogens is 1. The fourth-order valence-electron chi connectivity index (χ4n) is 1.68. The lowest BCUT2D eigenvalue weighted by Gasteiger charge is -2.07. The molecule has 0 spiro atoms. The molecule has 0 unspecified atom stereocenters. The summed E-state index contributed by atoms with van der Waals surface area (Å²) in [6.45, 7) is 0.282. The van der Waals surface area contributed by atoms with Crippen molar-refractivity contribution in [2.45, 2.75) is 17.9 Å². The molecular weight excluding hydrogens is 328 g/mol. The van der Waals surface area contributed by atoms with E-state index in [1.165, 1.54) is 30.5 Å². The Morgan fingerprint density at radius 1 is 1.18 bits per heavy atom. The van der Waals surface area contributed by atoms with Gasteiger partial charge in [0.05, 0.1) is 17.7 Å². The van der Waals surface area contributed by atoms with Gasteiger partial charge < -0.3 is 9.73 Å². The van der Waals surface area contributed by atoms with Crippen LogP contribution >= 0.6 is 11.6 Å². The van der Waals surface area contributed by atoms with Crippen LogP contribution in [0, 0.1) is 0 Å². The molecule has 0 bridgehead atoms. The Bertz CT molecular complexity index is 712. The molecule has 0 aliphatic heterocycles. The number of carbonyl (C=O) groups excluding carboxylic acids is 1. The lowest BCUT2D eigenvalue weighted by atomic mass is 10.4. The number of rotatable bonds is 7. The van der Waals surface area contributed by atoms with Crippen LogP contribution in [-0.2, 0) is 21.4 Å². The summed E-state index contributed by atoms with van der Waals surface area (Å²) < 4.78 is 31.4. The predicted octanol–water partition coefficient (Wildman–Crippen LogP) is 1.92. The fourth-order valence-corrected chi connectivity index (χ4v) is 2.84. The van der Waals surface area contributed by atoms with E-state index in [0.717, 1.165) is 0 Å². The Morgan fingerprint density at radius 3 is 2.55 bits per heavy atom. The summed E-state index contributed by atoms with van der Waals surface area (Å²) in [5, 5.41) is 3.09. The average Bonchev–Trinajstić information content (AvgIpc) is 2.99. The molecule has 118 valence electrons. The molecule has 0 fully saturated rings. The van der Waals surface area contributed by atoms with Crippen molar-refractivity contribution in [3.05, 3.63) is 53.4 Å². The number of hydrogen-bond donors (Lipinski definition) is 2. The van der Waals surface area contributed by atoms with E-state index in [-0.39, 0.29) is 30.3 Å². The molecule has 1 amide bonds. The molecule has 6 nitrogen and oxygen atoms in total. The SMILES string of the molecule is O=C(CCNS(=O)(=O)c1ccc(Cl)cc1)NCc1ccco1. The largest absolute Gasteiger partial charge is 0.467 e. The molecule has 1 heterocycles. The molecule has 0 saturated heterocycles. The summed E-state index contributed by atoms with van der Waals surface area (Å²) in [4.78, 5) is 11.7. The lowest BCUT2D eigenvalue weighted by Crippen LogP contribution is -2.30. The smallest absolute Gasteiger partial charge is 0.240 e. The van der Waals surface area contributed by atoms with E-state index in [4.69, 9.17) is 16.0 Å². The zero-order valence-corrected chi connectivity index (χ0v) is 13.2. The second-order valence-corrected chi connectivity index (χ2v) is 6.66. The number of sulfonamides is 1. The third-order valence-electron chi connectivity index (χ3n) is 2.81. The highest BCUT2D eigenvalue weighted by Gasteiger charge is 2.13. The monoisotopic (exact) mass is 342 g/mol. The van der Waals surface area contributed by atoms with Crippen molar-refractivity contribution in [1.29, 1.82) is 0 Å². The molecule has 2 aromatic rings. The maximum absolute atomic E-state index is 12.0. The summed E-state index contributed by atoms with van der Waals surface area (Å²) in [6, 6.07) is 9.26. The van der Waals surface area contributed by atoms with Crippen molar-refractivity contribution in [2.75, 3.05) is 6.54 Å². The molecule has 1 aromatic carbocycles. The van der Waals surface area contributed by atoms with E-state index >= 15 is 0 Å². The van der Waals surface area contributed by atoms with E-state index in [2.05, 4.69) is 10.0 Å². The van der Waals surface area contributed by atoms with Crippen LogP contribution in [0.4, 0.5) is 0 Å². The van der Waals surface area contributed by atoms with Gasteiger partial charge >= 0.3 is 0 Å². The number of amides is 1. The number of furan rings is 1. The second kappa shape index (κ2) is 7.44. The van der Waals surface area contributed by atoms with E-state index in [9.17, 15) is 13.2 Å². The number of benzene rings is 1. The van der Waals surface area contributed by atoms with Crippen LogP contribution in [0.1, 0.15) is 12.2 Å². The average molecular weight is 343 g/mol. The first kappa shape index (κ1) is 16.5. The molecule has 0 aliphatic carbocycles. The number of hydrogen-bond acceptors (Lipinski definition) is 4. The van der Waals surface area contributed by atoms with Crippen molar-refractivity contribution in [1.82, 2.24) is 10.0 Å². The third-order valence-corrected chi connectivity index (χ3v) is 4.54. The molecular formula is C14H15ClN2O4S. The molecule has 0 atom stereocenters.